The molecule has 2 rings (SSSR count). The van der Waals surface area contributed by atoms with E-state index in [-0.39, 0.29) is 36.1 Å². The van der Waals surface area contributed by atoms with E-state index in [1.165, 1.54) is 6.92 Å². The Morgan fingerprint density at radius 1 is 1.33 bits per heavy atom. The molecule has 7 heteroatoms. The Bertz CT molecular complexity index is 632. The zero-order valence-electron chi connectivity index (χ0n) is 14.2. The summed E-state index contributed by atoms with van der Waals surface area (Å²) in [5.74, 6) is -0.800. The van der Waals surface area contributed by atoms with Crippen molar-refractivity contribution in [1.82, 2.24) is 4.90 Å². The fraction of sp³-hybridized carbons (Fsp3) is 0.471. The molecule has 1 heterocycles. The number of hydrogen-bond donors (Lipinski definition) is 2. The van der Waals surface area contributed by atoms with Crippen LogP contribution in [0, 0.1) is 5.92 Å². The summed E-state index contributed by atoms with van der Waals surface area (Å²) in [7, 11) is 1.59. The number of ether oxygens (including phenoxy) is 1. The second kappa shape index (κ2) is 7.92. The summed E-state index contributed by atoms with van der Waals surface area (Å²) >= 11 is 0. The molecule has 24 heavy (non-hydrogen) atoms. The van der Waals surface area contributed by atoms with Crippen molar-refractivity contribution in [2.75, 3.05) is 30.9 Å². The van der Waals surface area contributed by atoms with Crippen LogP contribution in [0.25, 0.3) is 0 Å². The summed E-state index contributed by atoms with van der Waals surface area (Å²) in [4.78, 5) is 37.3. The molecule has 0 aliphatic carbocycles. The van der Waals surface area contributed by atoms with Crippen molar-refractivity contribution >= 4 is 29.1 Å². The Morgan fingerprint density at radius 3 is 2.62 bits per heavy atom. The Hall–Kier alpha value is -2.41. The van der Waals surface area contributed by atoms with E-state index in [4.69, 9.17) is 4.74 Å². The number of benzene rings is 1. The molecule has 1 aliphatic heterocycles. The molecule has 0 spiro atoms. The lowest BCUT2D eigenvalue weighted by Crippen LogP contribution is -2.38. The molecule has 1 fully saturated rings. The average Bonchev–Trinajstić information content (AvgIpc) is 2.89. The van der Waals surface area contributed by atoms with E-state index in [1.807, 2.05) is 6.92 Å². The smallest absolute Gasteiger partial charge is 0.229 e. The quantitative estimate of drug-likeness (QED) is 0.825. The summed E-state index contributed by atoms with van der Waals surface area (Å²) in [5.41, 5.74) is 1.19. The molecule has 1 aromatic rings. The average molecular weight is 333 g/mol. The Kier molecular flexibility index (Phi) is 5.92. The third-order valence-corrected chi connectivity index (χ3v) is 3.92. The lowest BCUT2D eigenvalue weighted by molar-refractivity contribution is -0.130. The van der Waals surface area contributed by atoms with Gasteiger partial charge in [0.05, 0.1) is 18.6 Å². The maximum Gasteiger partial charge on any atom is 0.229 e. The van der Waals surface area contributed by atoms with Crippen molar-refractivity contribution < 1.29 is 19.1 Å². The molecule has 2 atom stereocenters. The second-order valence-corrected chi connectivity index (χ2v) is 6.00. The number of anilines is 2. The van der Waals surface area contributed by atoms with Crippen LogP contribution in [-0.4, -0.2) is 48.9 Å². The number of rotatable bonds is 6. The number of nitrogens with zero attached hydrogens (tertiary/aromatic N) is 1. The van der Waals surface area contributed by atoms with E-state index >= 15 is 0 Å². The van der Waals surface area contributed by atoms with Crippen LogP contribution >= 0.6 is 0 Å². The minimum absolute atomic E-state index is 0.0355. The number of nitrogens with one attached hydrogen (secondary N) is 2. The summed E-state index contributed by atoms with van der Waals surface area (Å²) in [6.45, 7) is 4.16. The number of carbonyl (C=O) groups excluding carboxylic acids is 3. The normalized spacial score (nSPS) is 18.4. The first-order chi connectivity index (χ1) is 11.4. The van der Waals surface area contributed by atoms with Crippen molar-refractivity contribution in [1.29, 1.82) is 0 Å². The van der Waals surface area contributed by atoms with E-state index in [2.05, 4.69) is 10.6 Å². The standard InChI is InChI=1S/C17H23N3O4/c1-11(10-24-3)20-9-13(7-16(20)22)17(23)19-15-6-4-5-14(8-15)18-12(2)21/h4-6,8,11,13H,7,9-10H2,1-3H3,(H,18,21)(H,19,23)/t11-,13+/m1/s1. The first kappa shape index (κ1) is 17.9. The van der Waals surface area contributed by atoms with E-state index in [0.29, 0.717) is 24.5 Å². The molecular formula is C17H23N3O4. The van der Waals surface area contributed by atoms with Gasteiger partial charge >= 0.3 is 0 Å². The maximum atomic E-state index is 12.4. The predicted molar refractivity (Wildman–Crippen MR) is 90.5 cm³/mol. The van der Waals surface area contributed by atoms with Gasteiger partial charge in [-0.05, 0) is 25.1 Å². The van der Waals surface area contributed by atoms with Gasteiger partial charge in [0.15, 0.2) is 0 Å². The highest BCUT2D eigenvalue weighted by atomic mass is 16.5. The Labute approximate surface area is 141 Å². The van der Waals surface area contributed by atoms with Gasteiger partial charge in [0, 0.05) is 38.4 Å². The van der Waals surface area contributed by atoms with Crippen LogP contribution in [0.2, 0.25) is 0 Å². The van der Waals surface area contributed by atoms with Gasteiger partial charge < -0.3 is 20.3 Å². The molecule has 0 bridgehead atoms. The Morgan fingerprint density at radius 2 is 2.00 bits per heavy atom. The summed E-state index contributed by atoms with van der Waals surface area (Å²) < 4.78 is 5.07. The van der Waals surface area contributed by atoms with Gasteiger partial charge in [-0.1, -0.05) is 6.07 Å². The molecule has 0 aromatic heterocycles. The van der Waals surface area contributed by atoms with Gasteiger partial charge in [0.1, 0.15) is 0 Å². The molecule has 1 saturated heterocycles. The van der Waals surface area contributed by atoms with Crippen molar-refractivity contribution in [3.63, 3.8) is 0 Å². The lowest BCUT2D eigenvalue weighted by Gasteiger charge is -2.23. The summed E-state index contributed by atoms with van der Waals surface area (Å²) in [6, 6.07) is 6.85. The van der Waals surface area contributed by atoms with E-state index in [1.54, 1.807) is 36.3 Å². The fourth-order valence-corrected chi connectivity index (χ4v) is 2.79. The number of hydrogen-bond acceptors (Lipinski definition) is 4. The van der Waals surface area contributed by atoms with Gasteiger partial charge in [-0.3, -0.25) is 14.4 Å². The van der Waals surface area contributed by atoms with E-state index in [0.717, 1.165) is 0 Å². The van der Waals surface area contributed by atoms with Crippen molar-refractivity contribution in [3.05, 3.63) is 24.3 Å². The topological polar surface area (TPSA) is 87.7 Å². The van der Waals surface area contributed by atoms with E-state index in [9.17, 15) is 14.4 Å². The molecule has 130 valence electrons. The zero-order chi connectivity index (χ0) is 17.7. The number of carbonyl (C=O) groups is 3. The second-order valence-electron chi connectivity index (χ2n) is 6.00. The maximum absolute atomic E-state index is 12.4. The third-order valence-electron chi connectivity index (χ3n) is 3.92. The highest BCUT2D eigenvalue weighted by molar-refractivity contribution is 5.98. The monoisotopic (exact) mass is 333 g/mol. The zero-order valence-corrected chi connectivity index (χ0v) is 14.2. The molecule has 0 radical (unpaired) electrons. The third kappa shape index (κ3) is 4.55. The van der Waals surface area contributed by atoms with Gasteiger partial charge in [-0.15, -0.1) is 0 Å². The van der Waals surface area contributed by atoms with Crippen LogP contribution in [-0.2, 0) is 19.1 Å². The fourth-order valence-electron chi connectivity index (χ4n) is 2.79. The molecule has 1 aliphatic rings. The lowest BCUT2D eigenvalue weighted by atomic mass is 10.1. The number of likely N-dealkylation sites (tertiary alicyclic amines) is 1. The van der Waals surface area contributed by atoms with Crippen LogP contribution in [0.1, 0.15) is 20.3 Å². The van der Waals surface area contributed by atoms with Crippen LogP contribution in [0.5, 0.6) is 0 Å². The summed E-state index contributed by atoms with van der Waals surface area (Å²) in [6.07, 6.45) is 0.200. The molecule has 2 N–H and O–H groups in total. The highest BCUT2D eigenvalue weighted by Crippen LogP contribution is 2.23. The SMILES string of the molecule is COC[C@@H](C)N1C[C@@H](C(=O)Nc2cccc(NC(C)=O)c2)CC1=O. The summed E-state index contributed by atoms with van der Waals surface area (Å²) in [5, 5.41) is 5.47. The molecule has 0 saturated carbocycles. The van der Waals surface area contributed by atoms with Crippen LogP contribution in [0.4, 0.5) is 11.4 Å². The molecule has 7 nitrogen and oxygen atoms in total. The molecule has 0 unspecified atom stereocenters. The first-order valence-corrected chi connectivity index (χ1v) is 7.87. The highest BCUT2D eigenvalue weighted by Gasteiger charge is 2.36. The minimum atomic E-state index is -0.388. The largest absolute Gasteiger partial charge is 0.383 e. The van der Waals surface area contributed by atoms with Crippen LogP contribution < -0.4 is 10.6 Å². The molecule has 3 amide bonds. The first-order valence-electron chi connectivity index (χ1n) is 7.87. The van der Waals surface area contributed by atoms with Crippen LogP contribution in [0.15, 0.2) is 24.3 Å². The van der Waals surface area contributed by atoms with Gasteiger partial charge in [-0.2, -0.15) is 0 Å². The van der Waals surface area contributed by atoms with Crippen molar-refractivity contribution in [2.24, 2.45) is 5.92 Å². The minimum Gasteiger partial charge on any atom is -0.383 e. The van der Waals surface area contributed by atoms with Crippen molar-refractivity contribution in [3.8, 4) is 0 Å². The molecular weight excluding hydrogens is 310 g/mol. The Balaban J connectivity index is 1.98. The number of amides is 3. The van der Waals surface area contributed by atoms with Gasteiger partial charge in [0.25, 0.3) is 0 Å². The number of methoxy groups -OCH3 is 1. The predicted octanol–water partition coefficient (Wildman–Crippen LogP) is 1.47. The van der Waals surface area contributed by atoms with Crippen LogP contribution in [0.3, 0.4) is 0 Å². The molecule has 1 aromatic carbocycles. The van der Waals surface area contributed by atoms with Crippen molar-refractivity contribution in [2.45, 2.75) is 26.3 Å². The van der Waals surface area contributed by atoms with Gasteiger partial charge in [0.2, 0.25) is 17.7 Å². The van der Waals surface area contributed by atoms with Gasteiger partial charge in [-0.25, -0.2) is 0 Å². The van der Waals surface area contributed by atoms with E-state index < -0.39 is 0 Å².